The van der Waals surface area contributed by atoms with E-state index in [1.54, 1.807) is 58.2 Å². The van der Waals surface area contributed by atoms with Crippen LogP contribution in [0, 0.1) is 11.3 Å². The van der Waals surface area contributed by atoms with Crippen molar-refractivity contribution in [2.75, 3.05) is 13.7 Å². The van der Waals surface area contributed by atoms with Crippen molar-refractivity contribution in [2.45, 2.75) is 32.4 Å². The summed E-state index contributed by atoms with van der Waals surface area (Å²) in [6.07, 6.45) is -0.584. The summed E-state index contributed by atoms with van der Waals surface area (Å²) >= 11 is 3.31. The summed E-state index contributed by atoms with van der Waals surface area (Å²) in [6.45, 7) is 5.42. The lowest BCUT2D eigenvalue weighted by molar-refractivity contribution is 0.0520. The van der Waals surface area contributed by atoms with Crippen molar-refractivity contribution in [1.29, 1.82) is 5.26 Å². The standard InChI is InChI=1S/C22H24BrN3O4/c1-22(2,3)30-21(28)25-13-19(15-6-5-7-18(11-15)29-4)26-20(27)16-8-14(12-24)9-17(23)10-16/h5-11,19H,13H2,1-4H3,(H,25,28)(H,26,27). The molecule has 0 spiro atoms. The molecule has 0 aromatic heterocycles. The van der Waals surface area contributed by atoms with E-state index in [9.17, 15) is 9.59 Å². The van der Waals surface area contributed by atoms with Gasteiger partial charge in [-0.25, -0.2) is 4.79 Å². The molecule has 1 atom stereocenters. The number of carbonyl (C=O) groups excluding carboxylic acids is 2. The van der Waals surface area contributed by atoms with Gasteiger partial charge in [-0.1, -0.05) is 28.1 Å². The minimum Gasteiger partial charge on any atom is -0.497 e. The van der Waals surface area contributed by atoms with Gasteiger partial charge in [-0.05, 0) is 56.7 Å². The number of ether oxygens (including phenoxy) is 2. The molecule has 0 fully saturated rings. The van der Waals surface area contributed by atoms with Crippen LogP contribution in [-0.4, -0.2) is 31.3 Å². The van der Waals surface area contributed by atoms with Crippen molar-refractivity contribution in [1.82, 2.24) is 10.6 Å². The van der Waals surface area contributed by atoms with Gasteiger partial charge in [0, 0.05) is 16.6 Å². The van der Waals surface area contributed by atoms with Crippen LogP contribution in [0.5, 0.6) is 5.75 Å². The summed E-state index contributed by atoms with van der Waals surface area (Å²) in [5, 5.41) is 14.7. The number of hydrogen-bond donors (Lipinski definition) is 2. The molecule has 0 aliphatic rings. The van der Waals surface area contributed by atoms with Crippen LogP contribution >= 0.6 is 15.9 Å². The molecule has 2 N–H and O–H groups in total. The third-order valence-electron chi connectivity index (χ3n) is 3.94. The van der Waals surface area contributed by atoms with Crippen LogP contribution in [0.25, 0.3) is 0 Å². The predicted molar refractivity (Wildman–Crippen MR) is 116 cm³/mol. The second kappa shape index (κ2) is 10.1. The van der Waals surface area contributed by atoms with E-state index < -0.39 is 17.7 Å². The smallest absolute Gasteiger partial charge is 0.407 e. The second-order valence-electron chi connectivity index (χ2n) is 7.53. The van der Waals surface area contributed by atoms with Crippen LogP contribution < -0.4 is 15.4 Å². The Kier molecular flexibility index (Phi) is 7.84. The maximum Gasteiger partial charge on any atom is 0.407 e. The quantitative estimate of drug-likeness (QED) is 0.650. The third kappa shape index (κ3) is 7.08. The summed E-state index contributed by atoms with van der Waals surface area (Å²) in [5.74, 6) is 0.241. The highest BCUT2D eigenvalue weighted by Crippen LogP contribution is 2.21. The number of hydrogen-bond acceptors (Lipinski definition) is 5. The number of amides is 2. The Labute approximate surface area is 184 Å². The first-order valence-corrected chi connectivity index (χ1v) is 10.0. The first-order chi connectivity index (χ1) is 14.1. The maximum atomic E-state index is 12.9. The molecule has 0 radical (unpaired) electrons. The van der Waals surface area contributed by atoms with E-state index in [2.05, 4.69) is 26.6 Å². The topological polar surface area (TPSA) is 100 Å². The Balaban J connectivity index is 2.24. The summed E-state index contributed by atoms with van der Waals surface area (Å²) in [6, 6.07) is 13.4. The van der Waals surface area contributed by atoms with Crippen molar-refractivity contribution >= 4 is 27.9 Å². The van der Waals surface area contributed by atoms with Crippen molar-refractivity contribution in [3.63, 3.8) is 0 Å². The number of benzene rings is 2. The van der Waals surface area contributed by atoms with E-state index in [1.165, 1.54) is 6.07 Å². The molecule has 1 unspecified atom stereocenters. The van der Waals surface area contributed by atoms with Crippen LogP contribution in [0.3, 0.4) is 0 Å². The molecule has 2 amide bonds. The molecule has 2 rings (SSSR count). The maximum absolute atomic E-state index is 12.9. The van der Waals surface area contributed by atoms with E-state index in [4.69, 9.17) is 14.7 Å². The molecule has 0 aliphatic carbocycles. The Bertz CT molecular complexity index is 964. The fourth-order valence-electron chi connectivity index (χ4n) is 2.64. The molecule has 8 heteroatoms. The molecular formula is C22H24BrN3O4. The van der Waals surface area contributed by atoms with Crippen molar-refractivity contribution in [3.8, 4) is 11.8 Å². The van der Waals surface area contributed by atoms with Crippen LogP contribution in [0.1, 0.15) is 48.3 Å². The molecule has 158 valence electrons. The normalized spacial score (nSPS) is 11.7. The highest BCUT2D eigenvalue weighted by molar-refractivity contribution is 9.10. The van der Waals surface area contributed by atoms with Gasteiger partial charge in [0.25, 0.3) is 5.91 Å². The zero-order valence-corrected chi connectivity index (χ0v) is 18.9. The molecule has 0 saturated carbocycles. The van der Waals surface area contributed by atoms with Crippen molar-refractivity contribution < 1.29 is 19.1 Å². The van der Waals surface area contributed by atoms with Crippen LogP contribution in [0.2, 0.25) is 0 Å². The Morgan fingerprint density at radius 1 is 1.20 bits per heavy atom. The fraction of sp³-hybridized carbons (Fsp3) is 0.318. The predicted octanol–water partition coefficient (Wildman–Crippen LogP) is 4.33. The van der Waals surface area contributed by atoms with Crippen LogP contribution in [-0.2, 0) is 4.74 Å². The first-order valence-electron chi connectivity index (χ1n) is 9.23. The number of nitrogens with zero attached hydrogens (tertiary/aromatic N) is 1. The van der Waals surface area contributed by atoms with Gasteiger partial charge in [0.1, 0.15) is 11.4 Å². The van der Waals surface area contributed by atoms with Gasteiger partial charge in [0.2, 0.25) is 0 Å². The lowest BCUT2D eigenvalue weighted by Gasteiger charge is -2.23. The molecular weight excluding hydrogens is 450 g/mol. The SMILES string of the molecule is COc1cccc(C(CNC(=O)OC(C)(C)C)NC(=O)c2cc(Br)cc(C#N)c2)c1. The molecule has 2 aromatic rings. The van der Waals surface area contributed by atoms with Gasteiger partial charge in [-0.15, -0.1) is 0 Å². The van der Waals surface area contributed by atoms with E-state index in [-0.39, 0.29) is 12.5 Å². The molecule has 0 saturated heterocycles. The number of nitrogens with one attached hydrogen (secondary N) is 2. The Morgan fingerprint density at radius 2 is 1.93 bits per heavy atom. The lowest BCUT2D eigenvalue weighted by atomic mass is 10.0. The summed E-state index contributed by atoms with van der Waals surface area (Å²) < 4.78 is 11.2. The number of rotatable bonds is 6. The third-order valence-corrected chi connectivity index (χ3v) is 4.40. The van der Waals surface area contributed by atoms with Crippen molar-refractivity contribution in [2.24, 2.45) is 0 Å². The number of halogens is 1. The fourth-order valence-corrected chi connectivity index (χ4v) is 3.13. The lowest BCUT2D eigenvalue weighted by Crippen LogP contribution is -2.40. The Morgan fingerprint density at radius 3 is 2.57 bits per heavy atom. The van der Waals surface area contributed by atoms with E-state index in [0.717, 1.165) is 5.56 Å². The van der Waals surface area contributed by atoms with Gasteiger partial charge in [0.05, 0.1) is 24.8 Å². The summed E-state index contributed by atoms with van der Waals surface area (Å²) in [5.41, 5.74) is 0.794. The van der Waals surface area contributed by atoms with E-state index >= 15 is 0 Å². The van der Waals surface area contributed by atoms with Gasteiger partial charge in [-0.2, -0.15) is 5.26 Å². The molecule has 7 nitrogen and oxygen atoms in total. The average Bonchev–Trinajstić information content (AvgIpc) is 2.69. The second-order valence-corrected chi connectivity index (χ2v) is 8.44. The van der Waals surface area contributed by atoms with E-state index in [1.807, 2.05) is 12.1 Å². The Hall–Kier alpha value is -3.05. The van der Waals surface area contributed by atoms with E-state index in [0.29, 0.717) is 21.3 Å². The van der Waals surface area contributed by atoms with Gasteiger partial charge in [-0.3, -0.25) is 4.79 Å². The van der Waals surface area contributed by atoms with Gasteiger partial charge >= 0.3 is 6.09 Å². The molecule has 0 heterocycles. The number of alkyl carbamates (subject to hydrolysis) is 1. The monoisotopic (exact) mass is 473 g/mol. The van der Waals surface area contributed by atoms with Crippen LogP contribution in [0.15, 0.2) is 46.9 Å². The average molecular weight is 474 g/mol. The molecule has 0 aliphatic heterocycles. The number of carbonyl (C=O) groups is 2. The highest BCUT2D eigenvalue weighted by Gasteiger charge is 2.21. The van der Waals surface area contributed by atoms with Crippen LogP contribution in [0.4, 0.5) is 4.79 Å². The zero-order chi connectivity index (χ0) is 22.3. The molecule has 2 aromatic carbocycles. The van der Waals surface area contributed by atoms with Gasteiger partial charge in [0.15, 0.2) is 0 Å². The summed E-state index contributed by atoms with van der Waals surface area (Å²) in [7, 11) is 1.55. The number of methoxy groups -OCH3 is 1. The largest absolute Gasteiger partial charge is 0.497 e. The molecule has 30 heavy (non-hydrogen) atoms. The first kappa shape index (κ1) is 23.2. The van der Waals surface area contributed by atoms with Crippen molar-refractivity contribution in [3.05, 3.63) is 63.6 Å². The minimum absolute atomic E-state index is 0.104. The molecule has 0 bridgehead atoms. The zero-order valence-electron chi connectivity index (χ0n) is 17.3. The number of nitriles is 1. The minimum atomic E-state index is -0.636. The highest BCUT2D eigenvalue weighted by atomic mass is 79.9. The van der Waals surface area contributed by atoms with Gasteiger partial charge < -0.3 is 20.1 Å². The summed E-state index contributed by atoms with van der Waals surface area (Å²) in [4.78, 5) is 24.9.